The van der Waals surface area contributed by atoms with Gasteiger partial charge in [0.2, 0.25) is 0 Å². The highest BCUT2D eigenvalue weighted by Gasteiger charge is 2.26. The average molecular weight is 310 g/mol. The topological polar surface area (TPSA) is 78.2 Å². The van der Waals surface area contributed by atoms with Crippen LogP contribution in [-0.4, -0.2) is 48.2 Å². The third kappa shape index (κ3) is 3.31. The van der Waals surface area contributed by atoms with Crippen molar-refractivity contribution in [1.82, 2.24) is 15.0 Å². The van der Waals surface area contributed by atoms with Gasteiger partial charge in [0.05, 0.1) is 18.9 Å². The molecule has 2 aromatic heterocycles. The summed E-state index contributed by atoms with van der Waals surface area (Å²) in [6.45, 7) is 1.59. The summed E-state index contributed by atoms with van der Waals surface area (Å²) in [6.07, 6.45) is 5.87. The van der Waals surface area contributed by atoms with Gasteiger partial charge in [-0.3, -0.25) is 0 Å². The Bertz CT molecular complexity index is 709. The smallest absolute Gasteiger partial charge is 0.170 e. The maximum absolute atomic E-state index is 8.77. The summed E-state index contributed by atoms with van der Waals surface area (Å²) in [5, 5.41) is 8.77. The maximum atomic E-state index is 8.77. The van der Waals surface area contributed by atoms with Crippen LogP contribution in [-0.2, 0) is 0 Å². The Morgan fingerprint density at radius 1 is 1.30 bits per heavy atom. The molecular formula is C16H18N6O. The summed E-state index contributed by atoms with van der Waals surface area (Å²) in [4.78, 5) is 16.8. The molecule has 7 heteroatoms. The molecule has 1 aliphatic rings. The molecule has 118 valence electrons. The van der Waals surface area contributed by atoms with Gasteiger partial charge in [-0.1, -0.05) is 0 Å². The second kappa shape index (κ2) is 6.48. The molecule has 23 heavy (non-hydrogen) atoms. The standard InChI is InChI=1S/C16H18N6O/c1-21(2)16-14(4-3-6-18-16)23-13-5-7-22(11-13)15-10-19-12(8-17)9-20-15/h3-4,6,9-10,13H,5,7,11H2,1-2H3/t13-/m0/s1. The minimum Gasteiger partial charge on any atom is -0.485 e. The quantitative estimate of drug-likeness (QED) is 0.846. The van der Waals surface area contributed by atoms with Crippen molar-refractivity contribution >= 4 is 11.6 Å². The summed E-state index contributed by atoms with van der Waals surface area (Å²) in [7, 11) is 3.89. The minimum atomic E-state index is 0.0790. The van der Waals surface area contributed by atoms with Gasteiger partial charge in [-0.2, -0.15) is 5.26 Å². The van der Waals surface area contributed by atoms with Gasteiger partial charge < -0.3 is 14.5 Å². The molecule has 0 unspecified atom stereocenters. The summed E-state index contributed by atoms with van der Waals surface area (Å²) < 4.78 is 6.12. The first-order chi connectivity index (χ1) is 11.2. The molecule has 1 aliphatic heterocycles. The summed E-state index contributed by atoms with van der Waals surface area (Å²) >= 11 is 0. The van der Waals surface area contributed by atoms with Crippen LogP contribution in [0.1, 0.15) is 12.1 Å². The molecule has 7 nitrogen and oxygen atoms in total. The van der Waals surface area contributed by atoms with Crippen molar-refractivity contribution in [3.8, 4) is 11.8 Å². The van der Waals surface area contributed by atoms with E-state index in [4.69, 9.17) is 10.00 Å². The van der Waals surface area contributed by atoms with Crippen LogP contribution >= 0.6 is 0 Å². The van der Waals surface area contributed by atoms with Gasteiger partial charge in [-0.15, -0.1) is 0 Å². The number of anilines is 2. The molecule has 0 spiro atoms. The molecule has 1 saturated heterocycles. The number of nitriles is 1. The lowest BCUT2D eigenvalue weighted by molar-refractivity contribution is 0.225. The Morgan fingerprint density at radius 3 is 2.87 bits per heavy atom. The molecule has 0 aromatic carbocycles. The zero-order valence-electron chi connectivity index (χ0n) is 13.2. The zero-order chi connectivity index (χ0) is 16.2. The first-order valence-electron chi connectivity index (χ1n) is 7.43. The lowest BCUT2D eigenvalue weighted by Gasteiger charge is -2.20. The van der Waals surface area contributed by atoms with Gasteiger partial charge in [0.25, 0.3) is 0 Å². The number of nitrogens with zero attached hydrogens (tertiary/aromatic N) is 6. The normalized spacial score (nSPS) is 16.9. The van der Waals surface area contributed by atoms with Crippen LogP contribution in [0.25, 0.3) is 0 Å². The lowest BCUT2D eigenvalue weighted by atomic mass is 10.3. The summed E-state index contributed by atoms with van der Waals surface area (Å²) in [5.41, 5.74) is 0.326. The summed E-state index contributed by atoms with van der Waals surface area (Å²) in [5.74, 6) is 2.38. The third-order valence-electron chi connectivity index (χ3n) is 3.69. The molecule has 1 fully saturated rings. The monoisotopic (exact) mass is 310 g/mol. The van der Waals surface area contributed by atoms with E-state index in [1.54, 1.807) is 12.4 Å². The lowest BCUT2D eigenvalue weighted by Crippen LogP contribution is -2.26. The van der Waals surface area contributed by atoms with E-state index in [1.165, 1.54) is 6.20 Å². The van der Waals surface area contributed by atoms with Crippen molar-refractivity contribution in [2.75, 3.05) is 37.0 Å². The van der Waals surface area contributed by atoms with Gasteiger partial charge in [-0.25, -0.2) is 15.0 Å². The van der Waals surface area contributed by atoms with E-state index in [-0.39, 0.29) is 6.10 Å². The Hall–Kier alpha value is -2.88. The van der Waals surface area contributed by atoms with E-state index in [9.17, 15) is 0 Å². The average Bonchev–Trinajstić information content (AvgIpc) is 3.04. The van der Waals surface area contributed by atoms with E-state index in [1.807, 2.05) is 37.2 Å². The summed E-state index contributed by atoms with van der Waals surface area (Å²) in [6, 6.07) is 5.79. The highest BCUT2D eigenvalue weighted by Crippen LogP contribution is 2.27. The fourth-order valence-corrected chi connectivity index (χ4v) is 2.56. The first kappa shape index (κ1) is 15.0. The number of ether oxygens (including phenoxy) is 1. The van der Waals surface area contributed by atoms with Crippen molar-refractivity contribution < 1.29 is 4.74 Å². The van der Waals surface area contributed by atoms with Gasteiger partial charge in [0, 0.05) is 33.3 Å². The molecule has 0 radical (unpaired) electrons. The van der Waals surface area contributed by atoms with E-state index >= 15 is 0 Å². The SMILES string of the molecule is CN(C)c1ncccc1O[C@H]1CCN(c2cnc(C#N)cn2)C1. The molecule has 1 atom stereocenters. The van der Waals surface area contributed by atoms with Gasteiger partial charge >= 0.3 is 0 Å². The number of aromatic nitrogens is 3. The largest absolute Gasteiger partial charge is 0.485 e. The Labute approximate surface area is 135 Å². The van der Waals surface area contributed by atoms with Gasteiger partial charge in [0.1, 0.15) is 18.0 Å². The van der Waals surface area contributed by atoms with Crippen molar-refractivity contribution in [2.24, 2.45) is 0 Å². The van der Waals surface area contributed by atoms with Crippen LogP contribution in [0.5, 0.6) is 5.75 Å². The molecule has 3 rings (SSSR count). The molecule has 0 aliphatic carbocycles. The Balaban J connectivity index is 1.67. The molecular weight excluding hydrogens is 292 g/mol. The third-order valence-corrected chi connectivity index (χ3v) is 3.69. The van der Waals surface area contributed by atoms with Crippen LogP contribution in [0.2, 0.25) is 0 Å². The van der Waals surface area contributed by atoms with Gasteiger partial charge in [0.15, 0.2) is 17.3 Å². The molecule has 0 bridgehead atoms. The Kier molecular flexibility index (Phi) is 4.24. The van der Waals surface area contributed by atoms with E-state index in [2.05, 4.69) is 19.9 Å². The van der Waals surface area contributed by atoms with Crippen molar-refractivity contribution in [1.29, 1.82) is 5.26 Å². The zero-order valence-corrected chi connectivity index (χ0v) is 13.2. The first-order valence-corrected chi connectivity index (χ1v) is 7.43. The highest BCUT2D eigenvalue weighted by atomic mass is 16.5. The van der Waals surface area contributed by atoms with Crippen LogP contribution in [0.15, 0.2) is 30.7 Å². The molecule has 0 N–H and O–H groups in total. The van der Waals surface area contributed by atoms with Crippen LogP contribution in [0.4, 0.5) is 11.6 Å². The number of hydrogen-bond acceptors (Lipinski definition) is 7. The van der Waals surface area contributed by atoms with E-state index in [0.29, 0.717) is 5.69 Å². The van der Waals surface area contributed by atoms with Crippen LogP contribution < -0.4 is 14.5 Å². The molecule has 2 aromatic rings. The Morgan fingerprint density at radius 2 is 2.17 bits per heavy atom. The highest BCUT2D eigenvalue weighted by molar-refractivity contribution is 5.51. The van der Waals surface area contributed by atoms with Crippen molar-refractivity contribution in [3.63, 3.8) is 0 Å². The molecule has 0 amide bonds. The van der Waals surface area contributed by atoms with Gasteiger partial charge in [-0.05, 0) is 12.1 Å². The fourth-order valence-electron chi connectivity index (χ4n) is 2.56. The predicted octanol–water partition coefficient (Wildman–Crippen LogP) is 1.47. The van der Waals surface area contributed by atoms with Crippen molar-refractivity contribution in [2.45, 2.75) is 12.5 Å². The molecule has 3 heterocycles. The maximum Gasteiger partial charge on any atom is 0.170 e. The second-order valence-electron chi connectivity index (χ2n) is 5.57. The number of hydrogen-bond donors (Lipinski definition) is 0. The predicted molar refractivity (Wildman–Crippen MR) is 86.6 cm³/mol. The number of rotatable bonds is 4. The van der Waals surface area contributed by atoms with Crippen molar-refractivity contribution in [3.05, 3.63) is 36.4 Å². The molecule has 0 saturated carbocycles. The van der Waals surface area contributed by atoms with E-state index in [0.717, 1.165) is 36.9 Å². The van der Waals surface area contributed by atoms with E-state index < -0.39 is 0 Å². The van der Waals surface area contributed by atoms with Crippen LogP contribution in [0.3, 0.4) is 0 Å². The van der Waals surface area contributed by atoms with Crippen LogP contribution in [0, 0.1) is 11.3 Å². The fraction of sp³-hybridized carbons (Fsp3) is 0.375. The second-order valence-corrected chi connectivity index (χ2v) is 5.57. The minimum absolute atomic E-state index is 0.0790. The number of pyridine rings is 1.